The zero-order chi connectivity index (χ0) is 21.0. The molecule has 2 heterocycles. The Morgan fingerprint density at radius 3 is 2.57 bits per heavy atom. The molecule has 9 heteroatoms. The van der Waals surface area contributed by atoms with E-state index in [0.29, 0.717) is 25.2 Å². The lowest BCUT2D eigenvalue weighted by molar-refractivity contribution is -0.116. The summed E-state index contributed by atoms with van der Waals surface area (Å²) in [5.41, 5.74) is 1.62. The predicted molar refractivity (Wildman–Crippen MR) is 123 cm³/mol. The molecule has 0 spiro atoms. The van der Waals surface area contributed by atoms with Crippen LogP contribution in [0, 0.1) is 0 Å². The summed E-state index contributed by atoms with van der Waals surface area (Å²) in [6, 6.07) is 14.5. The summed E-state index contributed by atoms with van der Waals surface area (Å²) in [6.45, 7) is 1.16. The number of sulfonamides is 1. The maximum Gasteiger partial charge on any atom is 0.243 e. The van der Waals surface area contributed by atoms with Gasteiger partial charge in [0.1, 0.15) is 0 Å². The van der Waals surface area contributed by atoms with Gasteiger partial charge >= 0.3 is 0 Å². The van der Waals surface area contributed by atoms with E-state index < -0.39 is 10.0 Å². The number of amides is 1. The van der Waals surface area contributed by atoms with Crippen LogP contribution in [-0.4, -0.2) is 42.5 Å². The number of benzene rings is 2. The smallest absolute Gasteiger partial charge is 0.243 e. The molecule has 0 saturated carbocycles. The second-order valence-corrected chi connectivity index (χ2v) is 11.4. The van der Waals surface area contributed by atoms with Crippen LogP contribution in [0.4, 0.5) is 5.69 Å². The van der Waals surface area contributed by atoms with Crippen molar-refractivity contribution >= 4 is 54.9 Å². The third-order valence-corrected chi connectivity index (χ3v) is 9.07. The molecule has 1 N–H and O–H groups in total. The molecule has 2 aromatic carbocycles. The van der Waals surface area contributed by atoms with Crippen molar-refractivity contribution in [2.75, 3.05) is 24.2 Å². The van der Waals surface area contributed by atoms with Crippen LogP contribution in [0.15, 0.2) is 57.8 Å². The van der Waals surface area contributed by atoms with Gasteiger partial charge in [-0.2, -0.15) is 4.31 Å². The molecule has 1 fully saturated rings. The van der Waals surface area contributed by atoms with Crippen LogP contribution in [0.5, 0.6) is 0 Å². The lowest BCUT2D eigenvalue weighted by Crippen LogP contribution is -2.27. The second-order valence-electron chi connectivity index (χ2n) is 7.08. The molecule has 6 nitrogen and oxygen atoms in total. The van der Waals surface area contributed by atoms with Gasteiger partial charge < -0.3 is 5.32 Å². The number of para-hydroxylation sites is 1. The topological polar surface area (TPSA) is 79.4 Å². The number of nitrogens with zero attached hydrogens (tertiary/aromatic N) is 2. The summed E-state index contributed by atoms with van der Waals surface area (Å²) in [7, 11) is -3.42. The van der Waals surface area contributed by atoms with Crippen LogP contribution in [0.3, 0.4) is 0 Å². The van der Waals surface area contributed by atoms with Crippen LogP contribution >= 0.6 is 23.1 Å². The number of thiazole rings is 1. The van der Waals surface area contributed by atoms with Gasteiger partial charge in [0.25, 0.3) is 0 Å². The first-order valence-corrected chi connectivity index (χ1v) is 13.1. The Kier molecular flexibility index (Phi) is 6.72. The number of nitrogens with one attached hydrogen (secondary N) is 1. The summed E-state index contributed by atoms with van der Waals surface area (Å²) in [5, 5.41) is 2.84. The fraction of sp³-hybridized carbons (Fsp3) is 0.333. The molecule has 1 amide bonds. The maximum atomic E-state index is 12.5. The predicted octanol–water partition coefficient (Wildman–Crippen LogP) is 4.59. The largest absolute Gasteiger partial charge is 0.326 e. The van der Waals surface area contributed by atoms with E-state index in [1.807, 2.05) is 18.2 Å². The van der Waals surface area contributed by atoms with Crippen LogP contribution in [0.25, 0.3) is 10.2 Å². The number of carbonyl (C=O) groups is 1. The van der Waals surface area contributed by atoms with Crippen molar-refractivity contribution in [2.45, 2.75) is 34.9 Å². The molecule has 0 bridgehead atoms. The van der Waals surface area contributed by atoms with Crippen molar-refractivity contribution in [3.05, 3.63) is 48.5 Å². The number of hydrogen-bond donors (Lipinski definition) is 1. The van der Waals surface area contributed by atoms with Gasteiger partial charge in [-0.1, -0.05) is 23.9 Å². The van der Waals surface area contributed by atoms with E-state index in [4.69, 9.17) is 0 Å². The summed E-state index contributed by atoms with van der Waals surface area (Å²) in [5.74, 6) is 0.746. The van der Waals surface area contributed by atoms with Crippen molar-refractivity contribution in [3.63, 3.8) is 0 Å². The van der Waals surface area contributed by atoms with Crippen molar-refractivity contribution < 1.29 is 13.2 Å². The normalized spacial score (nSPS) is 14.9. The van der Waals surface area contributed by atoms with E-state index in [1.54, 1.807) is 47.4 Å². The Morgan fingerprint density at radius 2 is 1.83 bits per heavy atom. The molecule has 3 aromatic rings. The highest BCUT2D eigenvalue weighted by Crippen LogP contribution is 2.29. The van der Waals surface area contributed by atoms with Crippen molar-refractivity contribution in [2.24, 2.45) is 0 Å². The first-order valence-electron chi connectivity index (χ1n) is 9.91. The number of carbonyl (C=O) groups excluding carboxylic acids is 1. The lowest BCUT2D eigenvalue weighted by Gasteiger charge is -2.15. The Labute approximate surface area is 184 Å². The lowest BCUT2D eigenvalue weighted by atomic mass is 10.3. The molecule has 0 atom stereocenters. The molecule has 1 aliphatic rings. The number of fused-ring (bicyclic) bond motifs is 1. The molecule has 0 radical (unpaired) electrons. The first kappa shape index (κ1) is 21.3. The quantitative estimate of drug-likeness (QED) is 0.392. The minimum absolute atomic E-state index is 0.0740. The number of aromatic nitrogens is 1. The molecular weight excluding hydrogens is 438 g/mol. The van der Waals surface area contributed by atoms with E-state index in [-0.39, 0.29) is 10.8 Å². The average Bonchev–Trinajstić information content (AvgIpc) is 3.41. The first-order chi connectivity index (χ1) is 14.5. The van der Waals surface area contributed by atoms with Crippen molar-refractivity contribution in [3.8, 4) is 0 Å². The zero-order valence-electron chi connectivity index (χ0n) is 16.4. The molecule has 0 aliphatic carbocycles. The molecule has 158 valence electrons. The minimum atomic E-state index is -3.42. The molecule has 4 rings (SSSR count). The Balaban J connectivity index is 1.23. The zero-order valence-corrected chi connectivity index (χ0v) is 18.9. The Bertz CT molecular complexity index is 1090. The van der Waals surface area contributed by atoms with Crippen LogP contribution in [0.2, 0.25) is 0 Å². The number of rotatable bonds is 8. The molecular formula is C21H23N3O3S3. The molecule has 1 aromatic heterocycles. The van der Waals surface area contributed by atoms with Crippen LogP contribution in [0.1, 0.15) is 25.7 Å². The summed E-state index contributed by atoms with van der Waals surface area (Å²) in [6.07, 6.45) is 2.97. The van der Waals surface area contributed by atoms with Crippen LogP contribution in [-0.2, 0) is 14.8 Å². The van der Waals surface area contributed by atoms with Gasteiger partial charge in [-0.25, -0.2) is 13.4 Å². The number of hydrogen-bond acceptors (Lipinski definition) is 6. The summed E-state index contributed by atoms with van der Waals surface area (Å²) < 4.78 is 28.8. The average molecular weight is 462 g/mol. The summed E-state index contributed by atoms with van der Waals surface area (Å²) >= 11 is 3.34. The number of anilines is 1. The van der Waals surface area contributed by atoms with E-state index in [0.717, 1.165) is 34.9 Å². The van der Waals surface area contributed by atoms with Gasteiger partial charge in [0.05, 0.1) is 15.1 Å². The van der Waals surface area contributed by atoms with Gasteiger partial charge in [-0.05, 0) is 55.7 Å². The fourth-order valence-electron chi connectivity index (χ4n) is 3.32. The third kappa shape index (κ3) is 5.03. The maximum absolute atomic E-state index is 12.5. The van der Waals surface area contributed by atoms with Gasteiger partial charge in [-0.3, -0.25) is 4.79 Å². The van der Waals surface area contributed by atoms with Crippen molar-refractivity contribution in [1.29, 1.82) is 0 Å². The number of thioether (sulfide) groups is 1. The standard InChI is InChI=1S/C21H23N3O3S3/c25-20(8-5-15-28-21-23-18-6-1-2-7-19(18)29-21)22-16-9-11-17(12-10-16)30(26,27)24-13-3-4-14-24/h1-2,6-7,9-12H,3-5,8,13-15H2,(H,22,25). The van der Waals surface area contributed by atoms with E-state index in [1.165, 1.54) is 9.01 Å². The monoisotopic (exact) mass is 461 g/mol. The Morgan fingerprint density at radius 1 is 1.10 bits per heavy atom. The SMILES string of the molecule is O=C(CCCSc1nc2ccccc2s1)Nc1ccc(S(=O)(=O)N2CCCC2)cc1. The minimum Gasteiger partial charge on any atom is -0.326 e. The van der Waals surface area contributed by atoms with Crippen LogP contribution < -0.4 is 5.32 Å². The molecule has 0 unspecified atom stereocenters. The van der Waals surface area contributed by atoms with E-state index in [9.17, 15) is 13.2 Å². The van der Waals surface area contributed by atoms with Gasteiger partial charge in [0.15, 0.2) is 4.34 Å². The molecule has 30 heavy (non-hydrogen) atoms. The van der Waals surface area contributed by atoms with Gasteiger partial charge in [0.2, 0.25) is 15.9 Å². The Hall–Kier alpha value is -1.94. The highest BCUT2D eigenvalue weighted by Gasteiger charge is 2.26. The van der Waals surface area contributed by atoms with E-state index >= 15 is 0 Å². The molecule has 1 aliphatic heterocycles. The second kappa shape index (κ2) is 9.47. The third-order valence-electron chi connectivity index (χ3n) is 4.89. The van der Waals surface area contributed by atoms with E-state index in [2.05, 4.69) is 16.4 Å². The summed E-state index contributed by atoms with van der Waals surface area (Å²) in [4.78, 5) is 17.1. The highest BCUT2D eigenvalue weighted by atomic mass is 32.2. The van der Waals surface area contributed by atoms with Crippen molar-refractivity contribution in [1.82, 2.24) is 9.29 Å². The highest BCUT2D eigenvalue weighted by molar-refractivity contribution is 8.01. The molecule has 1 saturated heterocycles. The van der Waals surface area contributed by atoms with Gasteiger partial charge in [0, 0.05) is 31.0 Å². The van der Waals surface area contributed by atoms with Gasteiger partial charge in [-0.15, -0.1) is 11.3 Å². The fourth-order valence-corrected chi connectivity index (χ4v) is 6.91.